The first-order valence-corrected chi connectivity index (χ1v) is 12.0. The molecule has 2 rings (SSSR count). The fraction of sp³-hybridized carbons (Fsp3) is 0.273. The van der Waals surface area contributed by atoms with E-state index in [1.54, 1.807) is 38.1 Å². The zero-order valence-electron chi connectivity index (χ0n) is 18.4. The van der Waals surface area contributed by atoms with Gasteiger partial charge in [-0.2, -0.15) is 0 Å². The molecular formula is C22H22N2O8S2. The second kappa shape index (κ2) is 13.4. The van der Waals surface area contributed by atoms with Crippen LogP contribution in [0.2, 0.25) is 0 Å². The van der Waals surface area contributed by atoms with Gasteiger partial charge in [-0.15, -0.1) is 23.5 Å². The van der Waals surface area contributed by atoms with Crippen molar-refractivity contribution in [2.24, 2.45) is 0 Å². The number of carbonyl (C=O) groups is 2. The van der Waals surface area contributed by atoms with E-state index < -0.39 is 21.8 Å². The van der Waals surface area contributed by atoms with Gasteiger partial charge in [0.05, 0.1) is 27.3 Å². The number of non-ortho nitro benzene ring substituents is 2. The van der Waals surface area contributed by atoms with Crippen molar-refractivity contribution in [3.63, 3.8) is 0 Å². The van der Waals surface area contributed by atoms with E-state index in [1.807, 2.05) is 0 Å². The van der Waals surface area contributed by atoms with E-state index in [9.17, 15) is 29.8 Å². The maximum Gasteiger partial charge on any atom is 0.347 e. The lowest BCUT2D eigenvalue weighted by Gasteiger charge is -2.13. The van der Waals surface area contributed by atoms with Crippen LogP contribution in [-0.2, 0) is 30.6 Å². The van der Waals surface area contributed by atoms with Gasteiger partial charge < -0.3 is 9.47 Å². The molecule has 0 aromatic heterocycles. The smallest absolute Gasteiger partial charge is 0.347 e. The lowest BCUT2D eigenvalue weighted by Crippen LogP contribution is -2.19. The van der Waals surface area contributed by atoms with Crippen LogP contribution in [0.25, 0.3) is 0 Å². The zero-order chi connectivity index (χ0) is 25.1. The highest BCUT2D eigenvalue weighted by molar-refractivity contribution is 8.21. The van der Waals surface area contributed by atoms with Gasteiger partial charge in [-0.1, -0.05) is 24.3 Å². The van der Waals surface area contributed by atoms with Crippen LogP contribution in [0.1, 0.15) is 25.0 Å². The van der Waals surface area contributed by atoms with Crippen LogP contribution < -0.4 is 0 Å². The van der Waals surface area contributed by atoms with Crippen LogP contribution in [-0.4, -0.2) is 35.0 Å². The molecule has 0 saturated carbocycles. The number of nitro groups is 2. The number of benzene rings is 2. The van der Waals surface area contributed by atoms with Gasteiger partial charge >= 0.3 is 11.9 Å². The second-order valence-electron chi connectivity index (χ2n) is 6.53. The minimum atomic E-state index is -0.816. The molecule has 0 amide bonds. The van der Waals surface area contributed by atoms with Crippen LogP contribution in [0, 0.1) is 20.2 Å². The normalized spacial score (nSPS) is 10.3. The Bertz CT molecular complexity index is 986. The number of rotatable bonds is 12. The molecule has 10 nitrogen and oxygen atoms in total. The Morgan fingerprint density at radius 3 is 1.38 bits per heavy atom. The first-order valence-electron chi connectivity index (χ1n) is 10.1. The van der Waals surface area contributed by atoms with Crippen LogP contribution in [0.15, 0.2) is 58.3 Å². The van der Waals surface area contributed by atoms with Gasteiger partial charge in [0.2, 0.25) is 0 Å². The lowest BCUT2D eigenvalue weighted by molar-refractivity contribution is -0.385. The van der Waals surface area contributed by atoms with E-state index in [1.165, 1.54) is 47.8 Å². The molecule has 2 aromatic rings. The molecule has 0 aliphatic rings. The molecule has 0 heterocycles. The fourth-order valence-corrected chi connectivity index (χ4v) is 4.86. The summed E-state index contributed by atoms with van der Waals surface area (Å²) in [4.78, 5) is 46.0. The molecule has 0 N–H and O–H groups in total. The molecule has 0 fully saturated rings. The third-order valence-corrected chi connectivity index (χ3v) is 6.79. The average molecular weight is 507 g/mol. The quantitative estimate of drug-likeness (QED) is 0.0964. The van der Waals surface area contributed by atoms with Gasteiger partial charge in [0, 0.05) is 35.8 Å². The Labute approximate surface area is 204 Å². The summed E-state index contributed by atoms with van der Waals surface area (Å²) in [5.41, 5.74) is 1.17. The lowest BCUT2D eigenvalue weighted by atomic mass is 10.2. The summed E-state index contributed by atoms with van der Waals surface area (Å²) in [7, 11) is 0. The summed E-state index contributed by atoms with van der Waals surface area (Å²) < 4.78 is 10.5. The summed E-state index contributed by atoms with van der Waals surface area (Å²) in [5, 5.41) is 21.7. The van der Waals surface area contributed by atoms with Crippen molar-refractivity contribution in [2.45, 2.75) is 25.4 Å². The van der Waals surface area contributed by atoms with Crippen LogP contribution in [0.3, 0.4) is 0 Å². The summed E-state index contributed by atoms with van der Waals surface area (Å²) in [6.45, 7) is 3.37. The van der Waals surface area contributed by atoms with E-state index in [4.69, 9.17) is 9.47 Å². The Balaban J connectivity index is 2.33. The number of nitro benzene ring substituents is 2. The molecule has 0 spiro atoms. The molecule has 12 heteroatoms. The van der Waals surface area contributed by atoms with Crippen LogP contribution in [0.5, 0.6) is 0 Å². The molecule has 180 valence electrons. The molecular weight excluding hydrogens is 484 g/mol. The number of esters is 2. The fourth-order valence-electron chi connectivity index (χ4n) is 2.57. The first-order chi connectivity index (χ1) is 16.3. The van der Waals surface area contributed by atoms with Gasteiger partial charge in [0.15, 0.2) is 5.57 Å². The Morgan fingerprint density at radius 2 is 1.09 bits per heavy atom. The predicted octanol–water partition coefficient (Wildman–Crippen LogP) is 5.01. The third kappa shape index (κ3) is 7.89. The van der Waals surface area contributed by atoms with Crippen LogP contribution in [0.4, 0.5) is 11.4 Å². The van der Waals surface area contributed by atoms with E-state index in [2.05, 4.69) is 0 Å². The van der Waals surface area contributed by atoms with E-state index in [0.29, 0.717) is 15.7 Å². The highest BCUT2D eigenvalue weighted by atomic mass is 32.2. The molecule has 34 heavy (non-hydrogen) atoms. The molecule has 0 unspecified atom stereocenters. The van der Waals surface area contributed by atoms with E-state index >= 15 is 0 Å². The Hall–Kier alpha value is -3.38. The minimum Gasteiger partial charge on any atom is -0.462 e. The maximum atomic E-state index is 12.6. The van der Waals surface area contributed by atoms with Crippen LogP contribution >= 0.6 is 23.5 Å². The molecule has 0 saturated heterocycles. The van der Waals surface area contributed by atoms with Crippen molar-refractivity contribution in [3.8, 4) is 0 Å². The molecule has 2 aromatic carbocycles. The van der Waals surface area contributed by atoms with E-state index in [0.717, 1.165) is 11.1 Å². The SMILES string of the molecule is CCOC(=O)C(C(=O)OCC)=C(SCc1ccc([N+](=O)[O-])cc1)SCc1ccc([N+](=O)[O-])cc1. The van der Waals surface area contributed by atoms with Crippen molar-refractivity contribution in [1.82, 2.24) is 0 Å². The second-order valence-corrected chi connectivity index (χ2v) is 8.76. The third-order valence-electron chi connectivity index (χ3n) is 4.20. The highest BCUT2D eigenvalue weighted by Gasteiger charge is 2.27. The summed E-state index contributed by atoms with van der Waals surface area (Å²) >= 11 is 2.39. The molecule has 0 radical (unpaired) electrons. The van der Waals surface area contributed by atoms with Crippen molar-refractivity contribution >= 4 is 46.8 Å². The molecule has 0 aliphatic heterocycles. The highest BCUT2D eigenvalue weighted by Crippen LogP contribution is 2.37. The summed E-state index contributed by atoms with van der Waals surface area (Å²) in [6, 6.07) is 11.9. The van der Waals surface area contributed by atoms with Gasteiger partial charge in [-0.25, -0.2) is 9.59 Å². The number of nitrogens with zero attached hydrogens (tertiary/aromatic N) is 2. The summed E-state index contributed by atoms with van der Waals surface area (Å²) in [6.07, 6.45) is 0. The van der Waals surface area contributed by atoms with Crippen molar-refractivity contribution < 1.29 is 28.9 Å². The average Bonchev–Trinajstić information content (AvgIpc) is 2.81. The van der Waals surface area contributed by atoms with Gasteiger partial charge in [0.1, 0.15) is 0 Å². The number of carbonyl (C=O) groups excluding carboxylic acids is 2. The van der Waals surface area contributed by atoms with Gasteiger partial charge in [-0.3, -0.25) is 20.2 Å². The topological polar surface area (TPSA) is 139 Å². The van der Waals surface area contributed by atoms with E-state index in [-0.39, 0.29) is 30.2 Å². The largest absolute Gasteiger partial charge is 0.462 e. The van der Waals surface area contributed by atoms with Crippen molar-refractivity contribution in [1.29, 1.82) is 0 Å². The van der Waals surface area contributed by atoms with Crippen molar-refractivity contribution in [2.75, 3.05) is 13.2 Å². The number of ether oxygens (including phenoxy) is 2. The van der Waals surface area contributed by atoms with Gasteiger partial charge in [-0.05, 0) is 25.0 Å². The minimum absolute atomic E-state index is 0.0456. The number of hydrogen-bond acceptors (Lipinski definition) is 10. The molecule has 0 bridgehead atoms. The molecule has 0 atom stereocenters. The Morgan fingerprint density at radius 1 is 0.735 bits per heavy atom. The predicted molar refractivity (Wildman–Crippen MR) is 129 cm³/mol. The number of thioether (sulfide) groups is 2. The maximum absolute atomic E-state index is 12.6. The number of hydrogen-bond donors (Lipinski definition) is 0. The van der Waals surface area contributed by atoms with Gasteiger partial charge in [0.25, 0.3) is 11.4 Å². The monoisotopic (exact) mass is 506 g/mol. The molecule has 0 aliphatic carbocycles. The first kappa shape index (κ1) is 26.9. The standard InChI is InChI=1S/C22H22N2O8S2/c1-3-31-20(25)19(21(26)32-4-2)22(33-13-15-5-9-17(10-6-15)23(27)28)34-14-16-7-11-18(12-8-16)24(29)30/h5-12H,3-4,13-14H2,1-2H3. The zero-order valence-corrected chi connectivity index (χ0v) is 20.1. The van der Waals surface area contributed by atoms with Crippen molar-refractivity contribution in [3.05, 3.63) is 89.7 Å². The Kier molecular flexibility index (Phi) is 10.6. The summed E-state index contributed by atoms with van der Waals surface area (Å²) in [5.74, 6) is -0.988.